The van der Waals surface area contributed by atoms with E-state index in [0.29, 0.717) is 5.39 Å². The summed E-state index contributed by atoms with van der Waals surface area (Å²) in [6.45, 7) is 0.0557. The van der Waals surface area contributed by atoms with E-state index in [1.807, 2.05) is 24.3 Å². The minimum atomic E-state index is -0.183. The van der Waals surface area contributed by atoms with Crippen molar-refractivity contribution < 1.29 is 4.79 Å². The molecule has 4 nitrogen and oxygen atoms in total. The van der Waals surface area contributed by atoms with Crippen LogP contribution in [0.25, 0.3) is 10.8 Å². The number of aromatic nitrogens is 1. The van der Waals surface area contributed by atoms with Gasteiger partial charge in [0.2, 0.25) is 5.91 Å². The van der Waals surface area contributed by atoms with Crippen molar-refractivity contribution in [1.82, 2.24) is 9.88 Å². The zero-order chi connectivity index (χ0) is 11.5. The lowest BCUT2D eigenvalue weighted by Gasteiger charge is -2.05. The summed E-state index contributed by atoms with van der Waals surface area (Å²) in [7, 11) is 1.55. The number of nitrogens with one attached hydrogen (secondary N) is 1. The molecular formula is C12H12N2O2. The number of likely N-dealkylation sites (N-methyl/N-ethyl adjacent to an activating group) is 1. The van der Waals surface area contributed by atoms with Gasteiger partial charge in [0, 0.05) is 18.6 Å². The molecule has 1 aromatic heterocycles. The van der Waals surface area contributed by atoms with Crippen molar-refractivity contribution in [3.8, 4) is 0 Å². The van der Waals surface area contributed by atoms with E-state index in [4.69, 9.17) is 0 Å². The Bertz CT molecular complexity index is 587. The summed E-state index contributed by atoms with van der Waals surface area (Å²) < 4.78 is 1.40. The Hall–Kier alpha value is -2.10. The fourth-order valence-electron chi connectivity index (χ4n) is 1.59. The lowest BCUT2D eigenvalue weighted by molar-refractivity contribution is -0.121. The summed E-state index contributed by atoms with van der Waals surface area (Å²) >= 11 is 0. The van der Waals surface area contributed by atoms with E-state index in [-0.39, 0.29) is 18.0 Å². The van der Waals surface area contributed by atoms with Crippen molar-refractivity contribution >= 4 is 16.7 Å². The van der Waals surface area contributed by atoms with Crippen molar-refractivity contribution in [2.24, 2.45) is 0 Å². The van der Waals surface area contributed by atoms with E-state index in [2.05, 4.69) is 5.32 Å². The third-order valence-corrected chi connectivity index (χ3v) is 2.48. The van der Waals surface area contributed by atoms with E-state index in [1.54, 1.807) is 19.3 Å². The zero-order valence-electron chi connectivity index (χ0n) is 8.93. The van der Waals surface area contributed by atoms with Crippen molar-refractivity contribution in [3.05, 3.63) is 46.9 Å². The molecule has 2 rings (SSSR count). The average molecular weight is 216 g/mol. The molecular weight excluding hydrogens is 204 g/mol. The molecule has 0 atom stereocenters. The van der Waals surface area contributed by atoms with Gasteiger partial charge in [0.05, 0.1) is 0 Å². The summed E-state index contributed by atoms with van der Waals surface area (Å²) in [5.74, 6) is -0.183. The van der Waals surface area contributed by atoms with Crippen LogP contribution >= 0.6 is 0 Å². The van der Waals surface area contributed by atoms with Gasteiger partial charge in [0.25, 0.3) is 5.56 Å². The Labute approximate surface area is 92.5 Å². The van der Waals surface area contributed by atoms with Crippen molar-refractivity contribution in [2.75, 3.05) is 7.05 Å². The summed E-state index contributed by atoms with van der Waals surface area (Å²) in [4.78, 5) is 23.2. The van der Waals surface area contributed by atoms with Crippen LogP contribution in [0.4, 0.5) is 0 Å². The predicted molar refractivity (Wildman–Crippen MR) is 62.3 cm³/mol. The summed E-state index contributed by atoms with van der Waals surface area (Å²) in [5, 5.41) is 4.01. The highest BCUT2D eigenvalue weighted by atomic mass is 16.2. The molecule has 0 saturated heterocycles. The van der Waals surface area contributed by atoms with E-state index >= 15 is 0 Å². The molecule has 0 bridgehead atoms. The topological polar surface area (TPSA) is 51.1 Å². The molecule has 0 fully saturated rings. The van der Waals surface area contributed by atoms with Gasteiger partial charge in [-0.25, -0.2) is 0 Å². The number of fused-ring (bicyclic) bond motifs is 1. The fraction of sp³-hybridized carbons (Fsp3) is 0.167. The van der Waals surface area contributed by atoms with Crippen LogP contribution in [0, 0.1) is 0 Å². The quantitative estimate of drug-likeness (QED) is 0.805. The molecule has 16 heavy (non-hydrogen) atoms. The first kappa shape index (κ1) is 10.4. The van der Waals surface area contributed by atoms with Crippen LogP contribution in [-0.2, 0) is 11.3 Å². The Kier molecular flexibility index (Phi) is 2.72. The third-order valence-electron chi connectivity index (χ3n) is 2.48. The summed E-state index contributed by atoms with van der Waals surface area (Å²) in [6, 6.07) is 9.16. The first-order valence-electron chi connectivity index (χ1n) is 5.01. The maximum absolute atomic E-state index is 12.0. The van der Waals surface area contributed by atoms with Crippen LogP contribution in [0.1, 0.15) is 0 Å². The summed E-state index contributed by atoms with van der Waals surface area (Å²) in [6.07, 6.45) is 1.64. The number of amides is 1. The molecule has 1 heterocycles. The second-order valence-electron chi connectivity index (χ2n) is 3.51. The van der Waals surface area contributed by atoms with Gasteiger partial charge in [-0.1, -0.05) is 18.2 Å². The van der Waals surface area contributed by atoms with Crippen LogP contribution in [0.3, 0.4) is 0 Å². The maximum Gasteiger partial charge on any atom is 0.258 e. The number of carbonyl (C=O) groups is 1. The monoisotopic (exact) mass is 216 g/mol. The Balaban J connectivity index is 2.53. The SMILES string of the molecule is CNC(=O)Cn1ccc2ccccc2c1=O. The van der Waals surface area contributed by atoms with Gasteiger partial charge in [-0.2, -0.15) is 0 Å². The molecule has 0 aliphatic heterocycles. The number of carbonyl (C=O) groups excluding carboxylic acids is 1. The van der Waals surface area contributed by atoms with Gasteiger partial charge in [0.15, 0.2) is 0 Å². The van der Waals surface area contributed by atoms with Gasteiger partial charge < -0.3 is 9.88 Å². The highest BCUT2D eigenvalue weighted by Crippen LogP contribution is 2.07. The largest absolute Gasteiger partial charge is 0.358 e. The third kappa shape index (κ3) is 1.82. The number of rotatable bonds is 2. The Morgan fingerprint density at radius 2 is 2.06 bits per heavy atom. The van der Waals surface area contributed by atoms with E-state index in [9.17, 15) is 9.59 Å². The fourth-order valence-corrected chi connectivity index (χ4v) is 1.59. The first-order valence-corrected chi connectivity index (χ1v) is 5.01. The van der Waals surface area contributed by atoms with Gasteiger partial charge in [0.1, 0.15) is 6.54 Å². The van der Waals surface area contributed by atoms with Crippen molar-refractivity contribution in [1.29, 1.82) is 0 Å². The molecule has 1 amide bonds. The van der Waals surface area contributed by atoms with E-state index in [0.717, 1.165) is 5.39 Å². The minimum Gasteiger partial charge on any atom is -0.358 e. The van der Waals surface area contributed by atoms with Crippen molar-refractivity contribution in [3.63, 3.8) is 0 Å². The van der Waals surface area contributed by atoms with Crippen molar-refractivity contribution in [2.45, 2.75) is 6.54 Å². The van der Waals surface area contributed by atoms with E-state index < -0.39 is 0 Å². The molecule has 2 aromatic rings. The van der Waals surface area contributed by atoms with Crippen LogP contribution in [-0.4, -0.2) is 17.5 Å². The minimum absolute atomic E-state index is 0.0557. The molecule has 1 aromatic carbocycles. The molecule has 0 unspecified atom stereocenters. The number of nitrogens with zero attached hydrogens (tertiary/aromatic N) is 1. The van der Waals surface area contributed by atoms with Gasteiger partial charge in [-0.05, 0) is 17.5 Å². The second-order valence-corrected chi connectivity index (χ2v) is 3.51. The number of pyridine rings is 1. The molecule has 82 valence electrons. The molecule has 0 radical (unpaired) electrons. The van der Waals surface area contributed by atoms with Gasteiger partial charge in [-0.3, -0.25) is 9.59 Å². The average Bonchev–Trinajstić information content (AvgIpc) is 2.33. The van der Waals surface area contributed by atoms with Gasteiger partial charge >= 0.3 is 0 Å². The summed E-state index contributed by atoms with van der Waals surface area (Å²) in [5.41, 5.74) is -0.137. The molecule has 0 spiro atoms. The first-order chi connectivity index (χ1) is 7.72. The number of hydrogen-bond acceptors (Lipinski definition) is 2. The highest BCUT2D eigenvalue weighted by Gasteiger charge is 2.04. The van der Waals surface area contributed by atoms with Crippen LogP contribution in [0.5, 0.6) is 0 Å². The molecule has 0 aliphatic carbocycles. The Morgan fingerprint density at radius 1 is 1.31 bits per heavy atom. The predicted octanol–water partition coefficient (Wildman–Crippen LogP) is 0.747. The van der Waals surface area contributed by atoms with Crippen LogP contribution < -0.4 is 10.9 Å². The lowest BCUT2D eigenvalue weighted by Crippen LogP contribution is -2.29. The highest BCUT2D eigenvalue weighted by molar-refractivity contribution is 5.82. The smallest absolute Gasteiger partial charge is 0.258 e. The van der Waals surface area contributed by atoms with Gasteiger partial charge in [-0.15, -0.1) is 0 Å². The molecule has 0 aliphatic rings. The molecule has 4 heteroatoms. The lowest BCUT2D eigenvalue weighted by atomic mass is 10.2. The Morgan fingerprint density at radius 3 is 2.81 bits per heavy atom. The number of hydrogen-bond donors (Lipinski definition) is 1. The van der Waals surface area contributed by atoms with E-state index in [1.165, 1.54) is 4.57 Å². The van der Waals surface area contributed by atoms with Crippen LogP contribution in [0.15, 0.2) is 41.3 Å². The molecule has 0 saturated carbocycles. The molecule has 1 N–H and O–H groups in total. The second kappa shape index (κ2) is 4.18. The maximum atomic E-state index is 12.0. The number of benzene rings is 1. The zero-order valence-corrected chi connectivity index (χ0v) is 8.93. The van der Waals surface area contributed by atoms with Crippen LogP contribution in [0.2, 0.25) is 0 Å². The normalized spacial score (nSPS) is 10.3. The standard InChI is InChI=1S/C12H12N2O2/c1-13-11(15)8-14-7-6-9-4-2-3-5-10(9)12(14)16/h2-7H,8H2,1H3,(H,13,15).